The van der Waals surface area contributed by atoms with E-state index >= 15 is 0 Å². The molecule has 0 saturated carbocycles. The molecule has 0 fully saturated rings. The monoisotopic (exact) mass is 191 g/mol. The molecule has 0 amide bonds. The summed E-state index contributed by atoms with van der Waals surface area (Å²) < 4.78 is 0. The summed E-state index contributed by atoms with van der Waals surface area (Å²) in [5.74, 6) is 0. The summed E-state index contributed by atoms with van der Waals surface area (Å²) in [6, 6.07) is 8.33. The maximum Gasteiger partial charge on any atom is 0.106 e. The van der Waals surface area contributed by atoms with E-state index in [1.54, 1.807) is 13.3 Å². The molecular weight excluding hydrogens is 174 g/mol. The van der Waals surface area contributed by atoms with Crippen molar-refractivity contribution >= 4 is 6.21 Å². The van der Waals surface area contributed by atoms with Gasteiger partial charge in [-0.2, -0.15) is 0 Å². The molecule has 1 aromatic carbocycles. The average Bonchev–Trinajstić information content (AvgIpc) is 2.14. The lowest BCUT2D eigenvalue weighted by molar-refractivity contribution is 0.215. The average molecular weight is 191 g/mol. The van der Waals surface area contributed by atoms with Gasteiger partial charge in [0.15, 0.2) is 0 Å². The molecule has 0 heterocycles. The van der Waals surface area contributed by atoms with E-state index in [0.717, 1.165) is 5.56 Å². The summed E-state index contributed by atoms with van der Waals surface area (Å²) in [7, 11) is 1.54. The fraction of sp³-hybridized carbons (Fsp3) is 0.417. The van der Waals surface area contributed by atoms with Gasteiger partial charge in [-0.3, -0.25) is 0 Å². The van der Waals surface area contributed by atoms with Crippen LogP contribution in [0.4, 0.5) is 0 Å². The summed E-state index contributed by atoms with van der Waals surface area (Å²) >= 11 is 0. The lowest BCUT2D eigenvalue weighted by Crippen LogP contribution is -2.10. The van der Waals surface area contributed by atoms with Gasteiger partial charge in [0.25, 0.3) is 0 Å². The van der Waals surface area contributed by atoms with E-state index in [9.17, 15) is 0 Å². The molecule has 2 nitrogen and oxygen atoms in total. The third-order valence-electron chi connectivity index (χ3n) is 2.08. The molecule has 0 aromatic heterocycles. The second-order valence-corrected chi connectivity index (χ2v) is 4.29. The second-order valence-electron chi connectivity index (χ2n) is 4.29. The Kier molecular flexibility index (Phi) is 3.28. The highest BCUT2D eigenvalue weighted by molar-refractivity contribution is 5.79. The van der Waals surface area contributed by atoms with Crippen LogP contribution in [0.25, 0.3) is 0 Å². The van der Waals surface area contributed by atoms with Crippen LogP contribution in [-0.2, 0) is 10.3 Å². The Hall–Kier alpha value is -1.31. The molecule has 76 valence electrons. The van der Waals surface area contributed by atoms with Crippen LogP contribution < -0.4 is 0 Å². The van der Waals surface area contributed by atoms with Gasteiger partial charge < -0.3 is 4.84 Å². The molecule has 0 radical (unpaired) electrons. The Morgan fingerprint density at radius 3 is 2.14 bits per heavy atom. The van der Waals surface area contributed by atoms with Crippen molar-refractivity contribution < 1.29 is 4.84 Å². The second kappa shape index (κ2) is 4.27. The standard InChI is InChI=1S/C12H17NO/c1-12(2,3)11-7-5-10(6-8-11)9-13-14-4/h5-9H,1-4H3. The summed E-state index contributed by atoms with van der Waals surface area (Å²) in [4.78, 5) is 4.61. The molecule has 0 unspecified atom stereocenters. The SMILES string of the molecule is CON=Cc1ccc(C(C)(C)C)cc1. The summed E-state index contributed by atoms with van der Waals surface area (Å²) in [5, 5.41) is 3.71. The number of rotatable bonds is 2. The molecule has 0 atom stereocenters. The van der Waals surface area contributed by atoms with Gasteiger partial charge in [-0.25, -0.2) is 0 Å². The summed E-state index contributed by atoms with van der Waals surface area (Å²) in [6.07, 6.45) is 1.70. The van der Waals surface area contributed by atoms with Crippen molar-refractivity contribution in [2.24, 2.45) is 5.16 Å². The third-order valence-corrected chi connectivity index (χ3v) is 2.08. The minimum atomic E-state index is 0.205. The lowest BCUT2D eigenvalue weighted by Gasteiger charge is -2.18. The van der Waals surface area contributed by atoms with E-state index in [4.69, 9.17) is 0 Å². The number of hydrogen-bond acceptors (Lipinski definition) is 2. The van der Waals surface area contributed by atoms with Gasteiger partial charge >= 0.3 is 0 Å². The molecular formula is C12H17NO. The van der Waals surface area contributed by atoms with Crippen LogP contribution in [0.1, 0.15) is 31.9 Å². The fourth-order valence-corrected chi connectivity index (χ4v) is 1.18. The molecule has 2 heteroatoms. The van der Waals surface area contributed by atoms with Crippen molar-refractivity contribution in [2.45, 2.75) is 26.2 Å². The van der Waals surface area contributed by atoms with Crippen LogP contribution in [0.3, 0.4) is 0 Å². The highest BCUT2D eigenvalue weighted by Gasteiger charge is 2.12. The molecule has 0 spiro atoms. The first-order valence-corrected chi connectivity index (χ1v) is 4.71. The van der Waals surface area contributed by atoms with Crippen molar-refractivity contribution in [1.29, 1.82) is 0 Å². The maximum atomic E-state index is 4.61. The Labute approximate surface area is 85.6 Å². The van der Waals surface area contributed by atoms with Crippen molar-refractivity contribution in [3.05, 3.63) is 35.4 Å². The van der Waals surface area contributed by atoms with E-state index < -0.39 is 0 Å². The maximum absolute atomic E-state index is 4.61. The first-order chi connectivity index (χ1) is 6.54. The summed E-state index contributed by atoms with van der Waals surface area (Å²) in [6.45, 7) is 6.60. The van der Waals surface area contributed by atoms with Crippen LogP contribution in [-0.4, -0.2) is 13.3 Å². The normalized spacial score (nSPS) is 12.0. The molecule has 1 aromatic rings. The highest BCUT2D eigenvalue weighted by atomic mass is 16.6. The zero-order chi connectivity index (χ0) is 10.6. The predicted molar refractivity (Wildman–Crippen MR) is 59.7 cm³/mol. The van der Waals surface area contributed by atoms with Gasteiger partial charge in [-0.1, -0.05) is 50.2 Å². The zero-order valence-electron chi connectivity index (χ0n) is 9.24. The van der Waals surface area contributed by atoms with Gasteiger partial charge in [-0.15, -0.1) is 0 Å². The van der Waals surface area contributed by atoms with Crippen molar-refractivity contribution in [2.75, 3.05) is 7.11 Å². The number of benzene rings is 1. The molecule has 14 heavy (non-hydrogen) atoms. The Morgan fingerprint density at radius 2 is 1.71 bits per heavy atom. The first kappa shape index (κ1) is 10.8. The van der Waals surface area contributed by atoms with Crippen molar-refractivity contribution in [3.8, 4) is 0 Å². The molecule has 0 saturated heterocycles. The molecule has 0 bridgehead atoms. The quantitative estimate of drug-likeness (QED) is 0.520. The van der Waals surface area contributed by atoms with Gasteiger partial charge in [0.2, 0.25) is 0 Å². The predicted octanol–water partition coefficient (Wildman–Crippen LogP) is 2.96. The van der Waals surface area contributed by atoms with Gasteiger partial charge in [-0.05, 0) is 16.5 Å². The van der Waals surface area contributed by atoms with Crippen LogP contribution in [0.15, 0.2) is 29.4 Å². The molecule has 0 aliphatic heterocycles. The summed E-state index contributed by atoms with van der Waals surface area (Å²) in [5.41, 5.74) is 2.59. The van der Waals surface area contributed by atoms with E-state index in [-0.39, 0.29) is 5.41 Å². The minimum Gasteiger partial charge on any atom is -0.399 e. The smallest absolute Gasteiger partial charge is 0.106 e. The molecule has 0 aliphatic carbocycles. The largest absolute Gasteiger partial charge is 0.399 e. The van der Waals surface area contributed by atoms with Gasteiger partial charge in [0, 0.05) is 0 Å². The Morgan fingerprint density at radius 1 is 1.14 bits per heavy atom. The van der Waals surface area contributed by atoms with Crippen LogP contribution >= 0.6 is 0 Å². The molecule has 0 N–H and O–H groups in total. The third kappa shape index (κ3) is 2.87. The number of nitrogens with zero attached hydrogens (tertiary/aromatic N) is 1. The van der Waals surface area contributed by atoms with E-state index in [1.165, 1.54) is 5.56 Å². The van der Waals surface area contributed by atoms with E-state index in [2.05, 4.69) is 42.9 Å². The molecule has 0 aliphatic rings. The molecule has 1 rings (SSSR count). The number of oxime groups is 1. The van der Waals surface area contributed by atoms with Crippen LogP contribution in [0.5, 0.6) is 0 Å². The zero-order valence-corrected chi connectivity index (χ0v) is 9.24. The van der Waals surface area contributed by atoms with Crippen molar-refractivity contribution in [3.63, 3.8) is 0 Å². The van der Waals surface area contributed by atoms with E-state index in [0.29, 0.717) is 0 Å². The topological polar surface area (TPSA) is 21.6 Å². The Balaban J connectivity index is 2.84. The highest BCUT2D eigenvalue weighted by Crippen LogP contribution is 2.21. The minimum absolute atomic E-state index is 0.205. The van der Waals surface area contributed by atoms with Crippen LogP contribution in [0.2, 0.25) is 0 Å². The van der Waals surface area contributed by atoms with Crippen LogP contribution in [0, 0.1) is 0 Å². The lowest BCUT2D eigenvalue weighted by atomic mass is 9.87. The van der Waals surface area contributed by atoms with Gasteiger partial charge in [0.05, 0.1) is 6.21 Å². The Bertz CT molecular complexity index is 306. The van der Waals surface area contributed by atoms with E-state index in [1.807, 2.05) is 12.1 Å². The van der Waals surface area contributed by atoms with Crippen molar-refractivity contribution in [1.82, 2.24) is 0 Å². The van der Waals surface area contributed by atoms with Gasteiger partial charge in [0.1, 0.15) is 7.11 Å². The fourth-order valence-electron chi connectivity index (χ4n) is 1.18. The number of hydrogen-bond donors (Lipinski definition) is 0. The first-order valence-electron chi connectivity index (χ1n) is 4.71.